The Hall–Kier alpha value is -2.28. The third-order valence-electron chi connectivity index (χ3n) is 5.79. The second-order valence-electron chi connectivity index (χ2n) is 8.27. The number of nitrogens with zero attached hydrogens (tertiary/aromatic N) is 2. The zero-order valence-electron chi connectivity index (χ0n) is 17.8. The molecule has 0 aliphatic carbocycles. The molecule has 7 heteroatoms. The first-order chi connectivity index (χ1) is 13.6. The molecule has 2 unspecified atom stereocenters. The van der Waals surface area contributed by atoms with Gasteiger partial charge in [-0.1, -0.05) is 13.0 Å². The summed E-state index contributed by atoms with van der Waals surface area (Å²) in [6, 6.07) is 5.19. The Kier molecular flexibility index (Phi) is 5.81. The van der Waals surface area contributed by atoms with Crippen molar-refractivity contribution >= 4 is 40.6 Å². The average Bonchev–Trinajstić information content (AvgIpc) is 2.92. The summed E-state index contributed by atoms with van der Waals surface area (Å²) in [6.07, 6.45) is 2.77. The molecule has 2 heterocycles. The number of carbonyl (C=O) groups excluding carboxylic acids is 3. The number of amides is 2. The fraction of sp³-hybridized carbons (Fsp3) is 0.500. The molecular formula is C22H28N2O4S. The van der Waals surface area contributed by atoms with Crippen LogP contribution >= 0.6 is 11.8 Å². The van der Waals surface area contributed by atoms with Gasteiger partial charge in [-0.05, 0) is 81.1 Å². The molecule has 1 aromatic rings. The zero-order valence-corrected chi connectivity index (χ0v) is 18.6. The Labute approximate surface area is 176 Å². The number of esters is 1. The third kappa shape index (κ3) is 3.92. The minimum Gasteiger partial charge on any atom is -0.464 e. The van der Waals surface area contributed by atoms with E-state index >= 15 is 0 Å². The largest absolute Gasteiger partial charge is 0.464 e. The standard InChI is InChI=1S/C22H28N2O4S/c1-7-28-20(26)14(3)24-19(25)18(29-21(24)27)11-15-8-9-17-16(10-15)13(2)12-22(4,5)23(17)6/h8-11,13-14H,7,12H2,1-6H3/b18-11+. The van der Waals surface area contributed by atoms with Crippen LogP contribution in [0.5, 0.6) is 0 Å². The Bertz CT molecular complexity index is 893. The summed E-state index contributed by atoms with van der Waals surface area (Å²) in [7, 11) is 2.10. The van der Waals surface area contributed by atoms with E-state index in [-0.39, 0.29) is 12.1 Å². The lowest BCUT2D eigenvalue weighted by Crippen LogP contribution is -2.45. The van der Waals surface area contributed by atoms with Crippen molar-refractivity contribution in [1.82, 2.24) is 4.90 Å². The molecular weight excluding hydrogens is 388 g/mol. The first-order valence-electron chi connectivity index (χ1n) is 9.88. The lowest BCUT2D eigenvalue weighted by molar-refractivity contribution is -0.150. The number of benzene rings is 1. The molecule has 2 amide bonds. The van der Waals surface area contributed by atoms with E-state index in [1.807, 2.05) is 6.07 Å². The SMILES string of the molecule is CCOC(=O)C(C)N1C(=O)S/C(=C/c2ccc3c(c2)C(C)CC(C)(C)N3C)C1=O. The highest BCUT2D eigenvalue weighted by Gasteiger charge is 2.41. The van der Waals surface area contributed by atoms with Crippen LogP contribution in [0.15, 0.2) is 23.1 Å². The van der Waals surface area contributed by atoms with E-state index < -0.39 is 23.2 Å². The van der Waals surface area contributed by atoms with Crippen LogP contribution < -0.4 is 4.90 Å². The minimum absolute atomic E-state index is 0.0832. The second-order valence-corrected chi connectivity index (χ2v) is 9.27. The van der Waals surface area contributed by atoms with Crippen molar-refractivity contribution in [3.05, 3.63) is 34.2 Å². The molecule has 1 saturated heterocycles. The van der Waals surface area contributed by atoms with E-state index in [0.29, 0.717) is 10.8 Å². The highest BCUT2D eigenvalue weighted by atomic mass is 32.2. The van der Waals surface area contributed by atoms with Gasteiger partial charge in [-0.15, -0.1) is 0 Å². The smallest absolute Gasteiger partial charge is 0.329 e. The summed E-state index contributed by atoms with van der Waals surface area (Å²) in [5.74, 6) is -0.641. The number of ether oxygens (including phenoxy) is 1. The van der Waals surface area contributed by atoms with Crippen LogP contribution in [0, 0.1) is 0 Å². The third-order valence-corrected chi connectivity index (χ3v) is 6.68. The number of hydrogen-bond acceptors (Lipinski definition) is 6. The Morgan fingerprint density at radius 2 is 2.07 bits per heavy atom. The van der Waals surface area contributed by atoms with Crippen molar-refractivity contribution in [3.8, 4) is 0 Å². The van der Waals surface area contributed by atoms with Crippen molar-refractivity contribution in [2.24, 2.45) is 0 Å². The summed E-state index contributed by atoms with van der Waals surface area (Å²) < 4.78 is 4.95. The molecule has 2 aliphatic rings. The predicted molar refractivity (Wildman–Crippen MR) is 116 cm³/mol. The molecule has 2 atom stereocenters. The molecule has 0 aromatic heterocycles. The van der Waals surface area contributed by atoms with Gasteiger partial charge in [0.05, 0.1) is 11.5 Å². The van der Waals surface area contributed by atoms with Crippen molar-refractivity contribution < 1.29 is 19.1 Å². The van der Waals surface area contributed by atoms with E-state index in [4.69, 9.17) is 4.74 Å². The molecule has 156 valence electrons. The van der Waals surface area contributed by atoms with Gasteiger partial charge in [0.25, 0.3) is 11.1 Å². The second kappa shape index (κ2) is 7.86. The number of rotatable bonds is 4. The van der Waals surface area contributed by atoms with Gasteiger partial charge in [0, 0.05) is 18.3 Å². The van der Waals surface area contributed by atoms with E-state index in [9.17, 15) is 14.4 Å². The Balaban J connectivity index is 1.88. The molecule has 0 bridgehead atoms. The molecule has 0 radical (unpaired) electrons. The first kappa shape index (κ1) is 21.4. The quantitative estimate of drug-likeness (QED) is 0.535. The molecule has 0 saturated carbocycles. The normalized spacial score (nSPS) is 23.4. The van der Waals surface area contributed by atoms with Crippen LogP contribution in [0.4, 0.5) is 10.5 Å². The van der Waals surface area contributed by atoms with E-state index in [0.717, 1.165) is 28.6 Å². The van der Waals surface area contributed by atoms with Crippen molar-refractivity contribution in [1.29, 1.82) is 0 Å². The van der Waals surface area contributed by atoms with Gasteiger partial charge < -0.3 is 9.64 Å². The van der Waals surface area contributed by atoms with E-state index in [1.54, 1.807) is 13.0 Å². The maximum atomic E-state index is 12.8. The highest BCUT2D eigenvalue weighted by Crippen LogP contribution is 2.43. The lowest BCUT2D eigenvalue weighted by atomic mass is 9.80. The number of imide groups is 1. The van der Waals surface area contributed by atoms with E-state index in [2.05, 4.69) is 44.9 Å². The molecule has 2 aliphatic heterocycles. The molecule has 1 fully saturated rings. The van der Waals surface area contributed by atoms with E-state index in [1.165, 1.54) is 18.2 Å². The average molecular weight is 417 g/mol. The number of carbonyl (C=O) groups is 3. The molecule has 6 nitrogen and oxygen atoms in total. The molecule has 29 heavy (non-hydrogen) atoms. The fourth-order valence-corrected chi connectivity index (χ4v) is 4.93. The minimum atomic E-state index is -0.937. The van der Waals surface area contributed by atoms with Crippen molar-refractivity contribution in [2.75, 3.05) is 18.6 Å². The van der Waals surface area contributed by atoms with Crippen LogP contribution in [-0.2, 0) is 14.3 Å². The van der Waals surface area contributed by atoms with Crippen molar-refractivity contribution in [3.63, 3.8) is 0 Å². The van der Waals surface area contributed by atoms with Crippen LogP contribution in [0.3, 0.4) is 0 Å². The predicted octanol–water partition coefficient (Wildman–Crippen LogP) is 4.40. The number of fused-ring (bicyclic) bond motifs is 1. The summed E-state index contributed by atoms with van der Waals surface area (Å²) >= 11 is 0.859. The summed E-state index contributed by atoms with van der Waals surface area (Å²) in [5.41, 5.74) is 3.38. The summed E-state index contributed by atoms with van der Waals surface area (Å²) in [5, 5.41) is -0.449. The molecule has 1 aromatic carbocycles. The Morgan fingerprint density at radius 1 is 1.38 bits per heavy atom. The number of hydrogen-bond donors (Lipinski definition) is 0. The van der Waals surface area contributed by atoms with Gasteiger partial charge in [0.2, 0.25) is 0 Å². The monoisotopic (exact) mass is 416 g/mol. The van der Waals surface area contributed by atoms with Gasteiger partial charge in [-0.3, -0.25) is 14.5 Å². The summed E-state index contributed by atoms with van der Waals surface area (Å²) in [4.78, 5) is 40.7. The maximum absolute atomic E-state index is 12.8. The van der Waals surface area contributed by atoms with Gasteiger partial charge in [0.15, 0.2) is 0 Å². The fourth-order valence-electron chi connectivity index (χ4n) is 4.02. The van der Waals surface area contributed by atoms with Crippen LogP contribution in [0.2, 0.25) is 0 Å². The first-order valence-corrected chi connectivity index (χ1v) is 10.7. The topological polar surface area (TPSA) is 66.9 Å². The van der Waals surface area contributed by atoms with Gasteiger partial charge >= 0.3 is 5.97 Å². The zero-order chi connectivity index (χ0) is 21.5. The maximum Gasteiger partial charge on any atom is 0.329 e. The van der Waals surface area contributed by atoms with Gasteiger partial charge in [-0.25, -0.2) is 4.79 Å². The molecule has 0 spiro atoms. The molecule has 3 rings (SSSR count). The van der Waals surface area contributed by atoms with Gasteiger partial charge in [0.1, 0.15) is 6.04 Å². The van der Waals surface area contributed by atoms with Crippen molar-refractivity contribution in [2.45, 2.75) is 58.5 Å². The number of anilines is 1. The van der Waals surface area contributed by atoms with Crippen LogP contribution in [0.25, 0.3) is 6.08 Å². The Morgan fingerprint density at radius 3 is 2.72 bits per heavy atom. The molecule has 0 N–H and O–H groups in total. The van der Waals surface area contributed by atoms with Crippen LogP contribution in [-0.4, -0.2) is 47.3 Å². The van der Waals surface area contributed by atoms with Gasteiger partial charge in [-0.2, -0.15) is 0 Å². The highest BCUT2D eigenvalue weighted by molar-refractivity contribution is 8.18. The lowest BCUT2D eigenvalue weighted by Gasteiger charge is -2.45. The summed E-state index contributed by atoms with van der Waals surface area (Å²) in [6.45, 7) is 10.1. The number of thioether (sulfide) groups is 1. The van der Waals surface area contributed by atoms with Crippen LogP contribution in [0.1, 0.15) is 58.1 Å².